The van der Waals surface area contributed by atoms with Crippen LogP contribution in [-0.2, 0) is 19.5 Å². The van der Waals surface area contributed by atoms with Crippen LogP contribution < -0.4 is 10.0 Å². The van der Waals surface area contributed by atoms with Gasteiger partial charge in [0.25, 0.3) is 0 Å². The third-order valence-electron chi connectivity index (χ3n) is 5.43. The minimum atomic E-state index is -3.66. The van der Waals surface area contributed by atoms with Crippen molar-refractivity contribution in [3.8, 4) is 10.6 Å². The second kappa shape index (κ2) is 8.29. The average molecular weight is 459 g/mol. The van der Waals surface area contributed by atoms with Gasteiger partial charge in [0.1, 0.15) is 12.2 Å². The minimum Gasteiger partial charge on any atom is -0.371 e. The highest BCUT2D eigenvalue weighted by atomic mass is 32.2. The maximum absolute atomic E-state index is 12.8. The van der Waals surface area contributed by atoms with Crippen LogP contribution in [-0.4, -0.2) is 55.9 Å². The molecule has 1 aromatic carbocycles. The number of fused-ring (bicyclic) bond motifs is 1. The molecule has 0 bridgehead atoms. The van der Waals surface area contributed by atoms with Gasteiger partial charge in [0, 0.05) is 6.20 Å². The largest absolute Gasteiger partial charge is 0.371 e. The Morgan fingerprint density at radius 1 is 1.03 bits per heavy atom. The molecule has 0 saturated carbocycles. The highest BCUT2D eigenvalue weighted by Crippen LogP contribution is 2.30. The maximum atomic E-state index is 12.8. The number of hydrogen-bond acceptors (Lipinski definition) is 8. The molecule has 31 heavy (non-hydrogen) atoms. The van der Waals surface area contributed by atoms with Crippen molar-refractivity contribution < 1.29 is 17.9 Å². The van der Waals surface area contributed by atoms with Crippen LogP contribution in [0.5, 0.6) is 0 Å². The molecule has 2 saturated heterocycles. The summed E-state index contributed by atoms with van der Waals surface area (Å²) in [6, 6.07) is 12.0. The van der Waals surface area contributed by atoms with Crippen molar-refractivity contribution in [1.82, 2.24) is 14.7 Å². The van der Waals surface area contributed by atoms with Gasteiger partial charge in [0.05, 0.1) is 40.8 Å². The summed E-state index contributed by atoms with van der Waals surface area (Å²) in [6.45, 7) is 2.54. The summed E-state index contributed by atoms with van der Waals surface area (Å²) in [5, 5.41) is 5.30. The van der Waals surface area contributed by atoms with E-state index in [2.05, 4.69) is 20.0 Å². The first-order valence-corrected chi connectivity index (χ1v) is 12.3. The van der Waals surface area contributed by atoms with Crippen molar-refractivity contribution in [2.24, 2.45) is 0 Å². The van der Waals surface area contributed by atoms with Gasteiger partial charge in [-0.25, -0.2) is 23.1 Å². The number of ether oxygens (including phenoxy) is 2. The summed E-state index contributed by atoms with van der Waals surface area (Å²) >= 11 is 1.61. The molecule has 162 valence electrons. The highest BCUT2D eigenvalue weighted by molar-refractivity contribution is 7.89. The Kier molecular flexibility index (Phi) is 5.49. The number of nitrogens with one attached hydrogen (secondary N) is 2. The molecule has 0 unspecified atom stereocenters. The molecule has 2 aromatic heterocycles. The molecule has 0 amide bonds. The molecule has 8 nitrogen and oxygen atoms in total. The Balaban J connectivity index is 1.26. The topological polar surface area (TPSA) is 102 Å². The number of aryl methyl sites for hydroxylation is 1. The minimum absolute atomic E-state index is 0.169. The number of sulfonamides is 1. The molecule has 2 N–H and O–H groups in total. The first-order chi connectivity index (χ1) is 15.0. The summed E-state index contributed by atoms with van der Waals surface area (Å²) in [7, 11) is -3.66. The molecule has 4 atom stereocenters. The molecular formula is C21H22N4O4S2. The molecular weight excluding hydrogens is 436 g/mol. The zero-order chi connectivity index (χ0) is 21.4. The molecule has 4 heterocycles. The molecule has 10 heteroatoms. The van der Waals surface area contributed by atoms with Crippen LogP contribution in [0.3, 0.4) is 0 Å². The van der Waals surface area contributed by atoms with E-state index in [9.17, 15) is 8.42 Å². The van der Waals surface area contributed by atoms with E-state index >= 15 is 0 Å². The quantitative estimate of drug-likeness (QED) is 0.585. The molecule has 0 radical (unpaired) electrons. The number of anilines is 1. The third-order valence-corrected chi connectivity index (χ3v) is 7.83. The van der Waals surface area contributed by atoms with Gasteiger partial charge < -0.3 is 14.8 Å². The number of nitrogens with zero attached hydrogens (tertiary/aromatic N) is 2. The molecule has 2 aliphatic rings. The fourth-order valence-electron chi connectivity index (χ4n) is 3.86. The van der Waals surface area contributed by atoms with Gasteiger partial charge in [0.15, 0.2) is 0 Å². The fraction of sp³-hybridized carbons (Fsp3) is 0.333. The van der Waals surface area contributed by atoms with Gasteiger partial charge in [-0.15, -0.1) is 11.3 Å². The number of aromatic nitrogens is 2. The number of hydrogen-bond donors (Lipinski definition) is 2. The Bertz CT molecular complexity index is 1150. The molecule has 0 aliphatic carbocycles. The average Bonchev–Trinajstić information content (AvgIpc) is 3.49. The predicted molar refractivity (Wildman–Crippen MR) is 118 cm³/mol. The zero-order valence-corrected chi connectivity index (χ0v) is 18.4. The van der Waals surface area contributed by atoms with Crippen LogP contribution in [0.4, 0.5) is 5.95 Å². The monoisotopic (exact) mass is 458 g/mol. The van der Waals surface area contributed by atoms with E-state index in [1.807, 2.05) is 30.5 Å². The van der Waals surface area contributed by atoms with Crippen LogP contribution >= 0.6 is 11.3 Å². The van der Waals surface area contributed by atoms with E-state index in [-0.39, 0.29) is 29.8 Å². The van der Waals surface area contributed by atoms with Crippen molar-refractivity contribution in [1.29, 1.82) is 0 Å². The predicted octanol–water partition coefficient (Wildman–Crippen LogP) is 2.44. The van der Waals surface area contributed by atoms with Crippen LogP contribution in [0, 0.1) is 6.92 Å². The molecule has 5 rings (SSSR count). The van der Waals surface area contributed by atoms with Gasteiger partial charge >= 0.3 is 0 Å². The second-order valence-corrected chi connectivity index (χ2v) is 10.3. The summed E-state index contributed by atoms with van der Waals surface area (Å²) < 4.78 is 40.1. The van der Waals surface area contributed by atoms with Crippen LogP contribution in [0.1, 0.15) is 5.56 Å². The fourth-order valence-corrected chi connectivity index (χ4v) is 5.79. The number of benzene rings is 1. The molecule has 3 aromatic rings. The standard InChI is InChI=1S/C21H22N4O4S2/c1-13-4-6-14(7-5-13)31(26,27)25-17-12-29-19-16(11-28-20(17)19)24-21-22-9-8-15(23-21)18-3-2-10-30-18/h2-10,16-17,19-20,25H,11-12H2,1H3,(H,22,23,24)/t16-,17+,19-,20+/m0/s1. The van der Waals surface area contributed by atoms with Gasteiger partial charge in [-0.1, -0.05) is 23.8 Å². The lowest BCUT2D eigenvalue weighted by Crippen LogP contribution is -2.44. The van der Waals surface area contributed by atoms with Crippen LogP contribution in [0.25, 0.3) is 10.6 Å². The summed E-state index contributed by atoms with van der Waals surface area (Å²) in [5.41, 5.74) is 1.85. The van der Waals surface area contributed by atoms with Gasteiger partial charge in [-0.2, -0.15) is 0 Å². The Hall–Kier alpha value is -2.37. The normalized spacial score (nSPS) is 25.5. The summed E-state index contributed by atoms with van der Waals surface area (Å²) in [5.74, 6) is 0.493. The lowest BCUT2D eigenvalue weighted by atomic mass is 10.1. The van der Waals surface area contributed by atoms with E-state index in [1.54, 1.807) is 41.8 Å². The second-order valence-electron chi connectivity index (χ2n) is 7.63. The van der Waals surface area contributed by atoms with Crippen molar-refractivity contribution >= 4 is 27.3 Å². The van der Waals surface area contributed by atoms with Crippen molar-refractivity contribution in [3.63, 3.8) is 0 Å². The Labute approximate surface area is 184 Å². The lowest BCUT2D eigenvalue weighted by molar-refractivity contribution is 0.0690. The Morgan fingerprint density at radius 3 is 2.52 bits per heavy atom. The van der Waals surface area contributed by atoms with Crippen molar-refractivity contribution in [2.75, 3.05) is 18.5 Å². The third kappa shape index (κ3) is 4.21. The van der Waals surface area contributed by atoms with Crippen molar-refractivity contribution in [3.05, 3.63) is 59.6 Å². The summed E-state index contributed by atoms with van der Waals surface area (Å²) in [6.07, 6.45) is 1.05. The van der Waals surface area contributed by atoms with E-state index in [4.69, 9.17) is 9.47 Å². The van der Waals surface area contributed by atoms with E-state index in [0.29, 0.717) is 12.6 Å². The number of rotatable bonds is 6. The highest BCUT2D eigenvalue weighted by Gasteiger charge is 2.49. The Morgan fingerprint density at radius 2 is 1.77 bits per heavy atom. The zero-order valence-electron chi connectivity index (χ0n) is 16.8. The number of thiophene rings is 1. The van der Waals surface area contributed by atoms with E-state index in [1.165, 1.54) is 0 Å². The van der Waals surface area contributed by atoms with E-state index < -0.39 is 16.1 Å². The van der Waals surface area contributed by atoms with Crippen LogP contribution in [0.15, 0.2) is 58.9 Å². The first kappa shape index (κ1) is 20.5. The van der Waals surface area contributed by atoms with Gasteiger partial charge in [-0.3, -0.25) is 0 Å². The molecule has 2 aliphatic heterocycles. The molecule has 0 spiro atoms. The molecule has 2 fully saturated rings. The van der Waals surface area contributed by atoms with Crippen molar-refractivity contribution in [2.45, 2.75) is 36.1 Å². The summed E-state index contributed by atoms with van der Waals surface area (Å²) in [4.78, 5) is 10.2. The van der Waals surface area contributed by atoms with E-state index in [0.717, 1.165) is 16.1 Å². The van der Waals surface area contributed by atoms with Gasteiger partial charge in [-0.05, 0) is 36.6 Å². The van der Waals surface area contributed by atoms with Gasteiger partial charge in [0.2, 0.25) is 16.0 Å². The smallest absolute Gasteiger partial charge is 0.240 e. The maximum Gasteiger partial charge on any atom is 0.240 e. The van der Waals surface area contributed by atoms with Crippen LogP contribution in [0.2, 0.25) is 0 Å². The SMILES string of the molecule is Cc1ccc(S(=O)(=O)N[C@@H]2CO[C@@H]3[C@@H]2OC[C@@H]3Nc2nccc(-c3cccs3)n2)cc1. The first-order valence-electron chi connectivity index (χ1n) is 9.95. The lowest BCUT2D eigenvalue weighted by Gasteiger charge is -2.18.